The molecule has 0 spiro atoms. The van der Waals surface area contributed by atoms with Gasteiger partial charge in [0.1, 0.15) is 0 Å². The van der Waals surface area contributed by atoms with Gasteiger partial charge in [-0.3, -0.25) is 14.2 Å². The van der Waals surface area contributed by atoms with Crippen LogP contribution < -0.4 is 25.1 Å². The molecule has 1 heterocycles. The van der Waals surface area contributed by atoms with Crippen LogP contribution in [0.3, 0.4) is 0 Å². The lowest BCUT2D eigenvalue weighted by atomic mass is 10.2. The number of hydrogen-bond acceptors (Lipinski definition) is 6. The van der Waals surface area contributed by atoms with Crippen LogP contribution >= 0.6 is 0 Å². The Morgan fingerprint density at radius 3 is 2.41 bits per heavy atom. The Hall–Kier alpha value is -3.55. The van der Waals surface area contributed by atoms with Gasteiger partial charge in [-0.2, -0.15) is 0 Å². The molecule has 0 saturated carbocycles. The number of amides is 1. The predicted octanol–water partition coefficient (Wildman–Crippen LogP) is 2.84. The van der Waals surface area contributed by atoms with E-state index in [0.29, 0.717) is 46.8 Å². The third kappa shape index (κ3) is 4.48. The first-order valence-electron chi connectivity index (χ1n) is 9.11. The molecule has 0 atom stereocenters. The van der Waals surface area contributed by atoms with Crippen LogP contribution in [-0.4, -0.2) is 36.8 Å². The average Bonchev–Trinajstić information content (AvgIpc) is 2.74. The van der Waals surface area contributed by atoms with Gasteiger partial charge >= 0.3 is 0 Å². The summed E-state index contributed by atoms with van der Waals surface area (Å²) in [5.41, 5.74) is 1.09. The summed E-state index contributed by atoms with van der Waals surface area (Å²) in [5.74, 6) is 1.18. The quantitative estimate of drug-likeness (QED) is 0.628. The minimum absolute atomic E-state index is 0.111. The maximum atomic E-state index is 12.5. The molecule has 0 saturated heterocycles. The van der Waals surface area contributed by atoms with Crippen LogP contribution in [0.5, 0.6) is 17.2 Å². The first kappa shape index (κ1) is 20.2. The number of fused-ring (bicyclic) bond motifs is 1. The molecule has 152 valence electrons. The Morgan fingerprint density at radius 2 is 1.76 bits per heavy atom. The molecule has 0 bridgehead atoms. The lowest BCUT2D eigenvalue weighted by molar-refractivity contribution is -0.116. The molecule has 8 nitrogen and oxygen atoms in total. The number of nitrogens with zero attached hydrogens (tertiary/aromatic N) is 2. The van der Waals surface area contributed by atoms with Gasteiger partial charge in [0, 0.05) is 30.8 Å². The number of methoxy groups -OCH3 is 3. The maximum absolute atomic E-state index is 12.5. The fourth-order valence-corrected chi connectivity index (χ4v) is 3.05. The molecule has 29 heavy (non-hydrogen) atoms. The molecule has 2 aromatic carbocycles. The summed E-state index contributed by atoms with van der Waals surface area (Å²) < 4.78 is 17.4. The molecule has 0 radical (unpaired) electrons. The summed E-state index contributed by atoms with van der Waals surface area (Å²) in [6, 6.07) is 10.5. The first-order chi connectivity index (χ1) is 14.1. The SMILES string of the molecule is COc1cc(NC(=O)CCCn2cnc3ccccc3c2=O)cc(OC)c1OC. The van der Waals surface area contributed by atoms with E-state index >= 15 is 0 Å². The van der Waals surface area contributed by atoms with E-state index in [9.17, 15) is 9.59 Å². The fourth-order valence-electron chi connectivity index (χ4n) is 3.05. The van der Waals surface area contributed by atoms with Crippen molar-refractivity contribution in [1.29, 1.82) is 0 Å². The highest BCUT2D eigenvalue weighted by Gasteiger charge is 2.14. The van der Waals surface area contributed by atoms with E-state index in [4.69, 9.17) is 14.2 Å². The largest absolute Gasteiger partial charge is 0.493 e. The number of aryl methyl sites for hydroxylation is 1. The van der Waals surface area contributed by atoms with E-state index < -0.39 is 0 Å². The lowest BCUT2D eigenvalue weighted by Crippen LogP contribution is -2.21. The number of carbonyl (C=O) groups is 1. The van der Waals surface area contributed by atoms with Crippen molar-refractivity contribution < 1.29 is 19.0 Å². The smallest absolute Gasteiger partial charge is 0.261 e. The van der Waals surface area contributed by atoms with Crippen LogP contribution in [0.15, 0.2) is 47.5 Å². The normalized spacial score (nSPS) is 10.6. The second-order valence-corrected chi connectivity index (χ2v) is 6.33. The summed E-state index contributed by atoms with van der Waals surface area (Å²) in [7, 11) is 4.54. The third-order valence-electron chi connectivity index (χ3n) is 4.48. The number of rotatable bonds is 8. The third-order valence-corrected chi connectivity index (χ3v) is 4.48. The summed E-state index contributed by atoms with van der Waals surface area (Å²) in [6.07, 6.45) is 2.26. The molecular formula is C21H23N3O5. The van der Waals surface area contributed by atoms with Gasteiger partial charge in [0.25, 0.3) is 5.56 Å². The summed E-state index contributed by atoms with van der Waals surface area (Å²) in [6.45, 7) is 0.402. The van der Waals surface area contributed by atoms with Crippen molar-refractivity contribution in [2.75, 3.05) is 26.6 Å². The first-order valence-corrected chi connectivity index (χ1v) is 9.11. The van der Waals surface area contributed by atoms with E-state index in [-0.39, 0.29) is 17.9 Å². The second kappa shape index (κ2) is 9.09. The number of aromatic nitrogens is 2. The zero-order valence-corrected chi connectivity index (χ0v) is 16.6. The highest BCUT2D eigenvalue weighted by atomic mass is 16.5. The van der Waals surface area contributed by atoms with Crippen LogP contribution in [0, 0.1) is 0 Å². The van der Waals surface area contributed by atoms with Crippen molar-refractivity contribution in [2.24, 2.45) is 0 Å². The summed E-state index contributed by atoms with van der Waals surface area (Å²) in [5, 5.41) is 3.38. The van der Waals surface area contributed by atoms with E-state index in [1.165, 1.54) is 32.2 Å². The van der Waals surface area contributed by atoms with E-state index in [0.717, 1.165) is 0 Å². The molecule has 1 N–H and O–H groups in total. The van der Waals surface area contributed by atoms with Crippen molar-refractivity contribution in [2.45, 2.75) is 19.4 Å². The van der Waals surface area contributed by atoms with E-state index in [2.05, 4.69) is 10.3 Å². The zero-order valence-electron chi connectivity index (χ0n) is 16.6. The van der Waals surface area contributed by atoms with E-state index in [1.807, 2.05) is 6.07 Å². The molecule has 3 rings (SSSR count). The second-order valence-electron chi connectivity index (χ2n) is 6.33. The molecule has 8 heteroatoms. The van der Waals surface area contributed by atoms with Gasteiger partial charge in [-0.15, -0.1) is 0 Å². The molecule has 0 unspecified atom stereocenters. The van der Waals surface area contributed by atoms with Crippen LogP contribution in [0.25, 0.3) is 10.9 Å². The molecule has 0 aliphatic heterocycles. The Kier molecular flexibility index (Phi) is 6.33. The molecule has 0 aliphatic rings. The highest BCUT2D eigenvalue weighted by Crippen LogP contribution is 2.39. The minimum atomic E-state index is -0.180. The fraction of sp³-hybridized carbons (Fsp3) is 0.286. The van der Waals surface area contributed by atoms with Crippen molar-refractivity contribution in [3.05, 3.63) is 53.1 Å². The van der Waals surface area contributed by atoms with Crippen molar-refractivity contribution >= 4 is 22.5 Å². The van der Waals surface area contributed by atoms with Crippen LogP contribution in [0.4, 0.5) is 5.69 Å². The molecule has 1 amide bonds. The number of ether oxygens (including phenoxy) is 3. The van der Waals surface area contributed by atoms with Gasteiger partial charge in [0.15, 0.2) is 11.5 Å². The summed E-state index contributed by atoms with van der Waals surface area (Å²) >= 11 is 0. The zero-order chi connectivity index (χ0) is 20.8. The Balaban J connectivity index is 1.63. The minimum Gasteiger partial charge on any atom is -0.493 e. The molecule has 0 aliphatic carbocycles. The van der Waals surface area contributed by atoms with Crippen molar-refractivity contribution in [1.82, 2.24) is 9.55 Å². The van der Waals surface area contributed by atoms with Crippen LogP contribution in [0.2, 0.25) is 0 Å². The Morgan fingerprint density at radius 1 is 1.07 bits per heavy atom. The number of para-hydroxylation sites is 1. The molecular weight excluding hydrogens is 374 g/mol. The maximum Gasteiger partial charge on any atom is 0.261 e. The number of carbonyl (C=O) groups excluding carboxylic acids is 1. The standard InChI is InChI=1S/C21H23N3O5/c1-27-17-11-14(12-18(28-2)20(17)29-3)23-19(25)9-6-10-24-13-22-16-8-5-4-7-15(16)21(24)26/h4-5,7-8,11-13H,6,9-10H2,1-3H3,(H,23,25). The van der Waals surface area contributed by atoms with Gasteiger partial charge in [0.2, 0.25) is 11.7 Å². The molecule has 3 aromatic rings. The number of hydrogen-bond donors (Lipinski definition) is 1. The van der Waals surface area contributed by atoms with Crippen molar-refractivity contribution in [3.8, 4) is 17.2 Å². The van der Waals surface area contributed by atoms with Crippen LogP contribution in [-0.2, 0) is 11.3 Å². The van der Waals surface area contributed by atoms with Gasteiger partial charge in [-0.1, -0.05) is 12.1 Å². The Bertz CT molecular complexity index is 1050. The topological polar surface area (TPSA) is 91.7 Å². The summed E-state index contributed by atoms with van der Waals surface area (Å²) in [4.78, 5) is 29.1. The average molecular weight is 397 g/mol. The lowest BCUT2D eigenvalue weighted by Gasteiger charge is -2.14. The van der Waals surface area contributed by atoms with Gasteiger partial charge in [-0.05, 0) is 18.6 Å². The number of benzene rings is 2. The predicted molar refractivity (Wildman–Crippen MR) is 110 cm³/mol. The van der Waals surface area contributed by atoms with Crippen LogP contribution in [0.1, 0.15) is 12.8 Å². The monoisotopic (exact) mass is 397 g/mol. The number of nitrogens with one attached hydrogen (secondary N) is 1. The van der Waals surface area contributed by atoms with E-state index in [1.54, 1.807) is 30.3 Å². The van der Waals surface area contributed by atoms with Gasteiger partial charge < -0.3 is 19.5 Å². The van der Waals surface area contributed by atoms with Gasteiger partial charge in [0.05, 0.1) is 38.6 Å². The van der Waals surface area contributed by atoms with Gasteiger partial charge in [-0.25, -0.2) is 4.98 Å². The van der Waals surface area contributed by atoms with Crippen molar-refractivity contribution in [3.63, 3.8) is 0 Å². The highest BCUT2D eigenvalue weighted by molar-refractivity contribution is 5.91. The molecule has 0 fully saturated rings. The number of anilines is 1. The molecule has 1 aromatic heterocycles. The Labute approximate surface area is 168 Å².